The molecule has 33 heavy (non-hydrogen) atoms. The number of anilines is 2. The average molecular weight is 478 g/mol. The molecule has 2 heterocycles. The highest BCUT2D eigenvalue weighted by atomic mass is 35.5. The minimum Gasteiger partial charge on any atom is -0.494 e. The molecule has 1 unspecified atom stereocenters. The van der Waals surface area contributed by atoms with Gasteiger partial charge in [0.1, 0.15) is 22.8 Å². The van der Waals surface area contributed by atoms with Crippen molar-refractivity contribution in [3.8, 4) is 11.4 Å². The van der Waals surface area contributed by atoms with E-state index in [4.69, 9.17) is 21.3 Å². The minimum absolute atomic E-state index is 0.412. The van der Waals surface area contributed by atoms with Gasteiger partial charge >= 0.3 is 0 Å². The number of hydrogen-bond acceptors (Lipinski definition) is 6. The van der Waals surface area contributed by atoms with Crippen molar-refractivity contribution in [2.45, 2.75) is 24.8 Å². The second kappa shape index (κ2) is 8.78. The number of ether oxygens (including phenoxy) is 1. The van der Waals surface area contributed by atoms with E-state index in [0.717, 1.165) is 51.9 Å². The lowest BCUT2D eigenvalue weighted by Crippen LogP contribution is -2.29. The predicted octanol–water partition coefficient (Wildman–Crippen LogP) is 6.62. The van der Waals surface area contributed by atoms with E-state index in [0.29, 0.717) is 10.9 Å². The standard InChI is InChI=1S/C23H20ClN7OS/c1-32-18-12-16(9-10-17(18)31-13-20(24)26-14-31)27-22-28-21-19(33-22)8-5-11-23(21,29-30-25)15-6-3-2-4-7-15/h2-4,6-7,9-10,12-14H,5,8,11H2,1H3,(H,27,28). The zero-order valence-corrected chi connectivity index (χ0v) is 19.3. The van der Waals surface area contributed by atoms with Crippen LogP contribution in [0.2, 0.25) is 5.15 Å². The second-order valence-corrected chi connectivity index (χ2v) is 9.15. The summed E-state index contributed by atoms with van der Waals surface area (Å²) in [6.07, 6.45) is 5.93. The van der Waals surface area contributed by atoms with Gasteiger partial charge in [0.05, 0.1) is 18.5 Å². The van der Waals surface area contributed by atoms with Crippen LogP contribution in [-0.2, 0) is 12.0 Å². The highest BCUT2D eigenvalue weighted by Crippen LogP contribution is 2.46. The number of imidazole rings is 1. The van der Waals surface area contributed by atoms with Gasteiger partial charge in [0.2, 0.25) is 0 Å². The normalized spacial score (nSPS) is 17.2. The summed E-state index contributed by atoms with van der Waals surface area (Å²) >= 11 is 7.55. The Hall–Kier alpha value is -3.52. The van der Waals surface area contributed by atoms with E-state index in [1.807, 2.05) is 48.5 Å². The Morgan fingerprint density at radius 2 is 2.12 bits per heavy atom. The maximum atomic E-state index is 9.38. The summed E-state index contributed by atoms with van der Waals surface area (Å²) in [6, 6.07) is 15.7. The number of azide groups is 1. The molecule has 2 aromatic heterocycles. The van der Waals surface area contributed by atoms with E-state index >= 15 is 0 Å². The van der Waals surface area contributed by atoms with Gasteiger partial charge in [-0.2, -0.15) is 0 Å². The summed E-state index contributed by atoms with van der Waals surface area (Å²) in [6.45, 7) is 0. The van der Waals surface area contributed by atoms with Crippen LogP contribution in [0, 0.1) is 0 Å². The molecule has 0 saturated carbocycles. The van der Waals surface area contributed by atoms with E-state index in [1.165, 1.54) is 0 Å². The number of nitrogens with one attached hydrogen (secondary N) is 1. The highest BCUT2D eigenvalue weighted by Gasteiger charge is 2.40. The molecule has 0 bridgehead atoms. The lowest BCUT2D eigenvalue weighted by molar-refractivity contribution is 0.413. The smallest absolute Gasteiger partial charge is 0.187 e. The molecule has 8 nitrogen and oxygen atoms in total. The Bertz CT molecular complexity index is 1350. The first-order valence-electron chi connectivity index (χ1n) is 10.4. The van der Waals surface area contributed by atoms with Crippen molar-refractivity contribution in [2.75, 3.05) is 12.4 Å². The number of rotatable bonds is 6. The van der Waals surface area contributed by atoms with Gasteiger partial charge in [-0.1, -0.05) is 47.0 Å². The van der Waals surface area contributed by atoms with Gasteiger partial charge in [0, 0.05) is 27.7 Å². The first-order valence-corrected chi connectivity index (χ1v) is 11.6. The molecule has 0 radical (unpaired) electrons. The number of hydrogen-bond donors (Lipinski definition) is 1. The Kier molecular flexibility index (Phi) is 5.68. The summed E-state index contributed by atoms with van der Waals surface area (Å²) in [5.41, 5.74) is 12.1. The fraction of sp³-hybridized carbons (Fsp3) is 0.217. The largest absolute Gasteiger partial charge is 0.494 e. The van der Waals surface area contributed by atoms with Crippen LogP contribution in [0.3, 0.4) is 0 Å². The lowest BCUT2D eigenvalue weighted by Gasteiger charge is -2.32. The van der Waals surface area contributed by atoms with Crippen molar-refractivity contribution in [1.29, 1.82) is 0 Å². The van der Waals surface area contributed by atoms with Gasteiger partial charge < -0.3 is 14.6 Å². The van der Waals surface area contributed by atoms with Crippen molar-refractivity contribution in [3.63, 3.8) is 0 Å². The minimum atomic E-state index is -0.789. The number of aromatic nitrogens is 3. The van der Waals surface area contributed by atoms with E-state index in [-0.39, 0.29) is 0 Å². The third-order valence-electron chi connectivity index (χ3n) is 5.76. The number of nitrogens with zero attached hydrogens (tertiary/aromatic N) is 6. The van der Waals surface area contributed by atoms with Crippen LogP contribution in [0.4, 0.5) is 10.8 Å². The maximum absolute atomic E-state index is 9.38. The third-order valence-corrected chi connectivity index (χ3v) is 6.98. The Labute approximate surface area is 199 Å². The van der Waals surface area contributed by atoms with Gasteiger partial charge in [-0.05, 0) is 42.5 Å². The molecule has 0 saturated heterocycles. The zero-order valence-electron chi connectivity index (χ0n) is 17.8. The molecule has 166 valence electrons. The highest BCUT2D eigenvalue weighted by molar-refractivity contribution is 7.15. The van der Waals surface area contributed by atoms with Crippen LogP contribution in [0.5, 0.6) is 5.75 Å². The molecule has 0 amide bonds. The first kappa shape index (κ1) is 21.3. The molecule has 2 aromatic carbocycles. The van der Waals surface area contributed by atoms with E-state index in [9.17, 15) is 5.53 Å². The van der Waals surface area contributed by atoms with Gasteiger partial charge in [-0.25, -0.2) is 9.97 Å². The summed E-state index contributed by atoms with van der Waals surface area (Å²) in [5, 5.41) is 8.83. The number of thiazole rings is 1. The molecule has 0 fully saturated rings. The van der Waals surface area contributed by atoms with Crippen molar-refractivity contribution >= 4 is 33.8 Å². The quantitative estimate of drug-likeness (QED) is 0.191. The molecular formula is C23H20ClN7OS. The summed E-state index contributed by atoms with van der Waals surface area (Å²) in [7, 11) is 1.62. The third kappa shape index (κ3) is 3.91. The van der Waals surface area contributed by atoms with Crippen LogP contribution in [0.25, 0.3) is 16.1 Å². The van der Waals surface area contributed by atoms with Gasteiger partial charge in [-0.15, -0.1) is 11.3 Å². The lowest BCUT2D eigenvalue weighted by atomic mass is 9.78. The van der Waals surface area contributed by atoms with Crippen LogP contribution in [-0.4, -0.2) is 21.6 Å². The molecule has 10 heteroatoms. The van der Waals surface area contributed by atoms with Crippen LogP contribution in [0.15, 0.2) is 66.2 Å². The molecule has 0 spiro atoms. The summed E-state index contributed by atoms with van der Waals surface area (Å²) < 4.78 is 7.39. The second-order valence-electron chi connectivity index (χ2n) is 7.68. The molecule has 0 aliphatic heterocycles. The van der Waals surface area contributed by atoms with Crippen LogP contribution < -0.4 is 10.1 Å². The van der Waals surface area contributed by atoms with Crippen molar-refractivity contribution < 1.29 is 4.74 Å². The average Bonchev–Trinajstić information content (AvgIpc) is 3.46. The number of fused-ring (bicyclic) bond motifs is 1. The van der Waals surface area contributed by atoms with Crippen molar-refractivity contribution in [2.24, 2.45) is 5.11 Å². The topological polar surface area (TPSA) is 101 Å². The molecule has 1 aliphatic rings. The van der Waals surface area contributed by atoms with E-state index in [1.54, 1.807) is 35.5 Å². The molecule has 1 aliphatic carbocycles. The molecular weight excluding hydrogens is 458 g/mol. The monoisotopic (exact) mass is 477 g/mol. The molecule has 4 aromatic rings. The van der Waals surface area contributed by atoms with Crippen LogP contribution in [0.1, 0.15) is 29.0 Å². The predicted molar refractivity (Wildman–Crippen MR) is 130 cm³/mol. The van der Waals surface area contributed by atoms with E-state index in [2.05, 4.69) is 20.3 Å². The molecule has 1 N–H and O–H groups in total. The fourth-order valence-corrected chi connectivity index (χ4v) is 5.52. The maximum Gasteiger partial charge on any atom is 0.187 e. The number of aryl methyl sites for hydroxylation is 1. The summed E-state index contributed by atoms with van der Waals surface area (Å²) in [5.74, 6) is 0.670. The van der Waals surface area contributed by atoms with Crippen molar-refractivity contribution in [3.05, 3.63) is 92.8 Å². The van der Waals surface area contributed by atoms with Gasteiger partial charge in [0.25, 0.3) is 0 Å². The summed E-state index contributed by atoms with van der Waals surface area (Å²) in [4.78, 5) is 13.3. The number of halogens is 1. The molecule has 5 rings (SSSR count). The van der Waals surface area contributed by atoms with Crippen LogP contribution >= 0.6 is 22.9 Å². The Morgan fingerprint density at radius 3 is 2.85 bits per heavy atom. The first-order chi connectivity index (χ1) is 16.1. The Balaban J connectivity index is 1.50. The molecule has 1 atom stereocenters. The number of benzene rings is 2. The van der Waals surface area contributed by atoms with Gasteiger partial charge in [0.15, 0.2) is 5.13 Å². The van der Waals surface area contributed by atoms with E-state index < -0.39 is 5.54 Å². The van der Waals surface area contributed by atoms with Gasteiger partial charge in [-0.3, -0.25) is 0 Å². The number of methoxy groups -OCH3 is 1. The van der Waals surface area contributed by atoms with Crippen molar-refractivity contribution in [1.82, 2.24) is 14.5 Å². The Morgan fingerprint density at radius 1 is 1.27 bits per heavy atom. The SMILES string of the molecule is COc1cc(Nc2nc3c(s2)CCCC3(N=[N+]=[N-])c2ccccc2)ccc1-n1cnc(Cl)c1. The zero-order chi connectivity index (χ0) is 22.8. The fourth-order valence-electron chi connectivity index (χ4n) is 4.27.